The number of hydroxylamine groups is 1. The third-order valence-corrected chi connectivity index (χ3v) is 10.4. The van der Waals surface area contributed by atoms with Gasteiger partial charge in [0.2, 0.25) is 5.91 Å². The Balaban J connectivity index is 1.42. The van der Waals surface area contributed by atoms with Gasteiger partial charge in [0.25, 0.3) is 0 Å². The maximum Gasteiger partial charge on any atom is 0.309 e. The molecular formula is C23H33NO4. The summed E-state index contributed by atoms with van der Waals surface area (Å²) in [5.41, 5.74) is 2.27. The summed E-state index contributed by atoms with van der Waals surface area (Å²) in [4.78, 5) is 30.6. The van der Waals surface area contributed by atoms with Crippen molar-refractivity contribution in [2.24, 2.45) is 45.3 Å². The van der Waals surface area contributed by atoms with Crippen LogP contribution in [0.3, 0.4) is 0 Å². The predicted molar refractivity (Wildman–Crippen MR) is 102 cm³/mol. The van der Waals surface area contributed by atoms with E-state index in [0.29, 0.717) is 23.7 Å². The van der Waals surface area contributed by atoms with E-state index in [1.54, 1.807) is 0 Å². The summed E-state index contributed by atoms with van der Waals surface area (Å²) in [7, 11) is 1.53. The van der Waals surface area contributed by atoms with Crippen molar-refractivity contribution < 1.29 is 19.5 Å². The minimum Gasteiger partial charge on any atom is -0.481 e. The molecular weight excluding hydrogens is 354 g/mol. The third kappa shape index (κ3) is 2.07. The lowest BCUT2D eigenvalue weighted by atomic mass is 9.31. The van der Waals surface area contributed by atoms with E-state index in [1.807, 2.05) is 0 Å². The highest BCUT2D eigenvalue weighted by molar-refractivity contribution is 5.82. The van der Waals surface area contributed by atoms with E-state index < -0.39 is 11.4 Å². The number of nitrogens with one attached hydrogen (secondary N) is 1. The Morgan fingerprint density at radius 2 is 1.21 bits per heavy atom. The van der Waals surface area contributed by atoms with Gasteiger partial charge < -0.3 is 5.11 Å². The van der Waals surface area contributed by atoms with Crippen molar-refractivity contribution in [1.29, 1.82) is 0 Å². The zero-order valence-electron chi connectivity index (χ0n) is 17.0. The standard InChI is InChI=1S/C23H33NO4/c1-28-24-18(25)20-4-14-2-15(5-20)9-22(8-14,12-20)23-10-16-3-17(11-23)7-21(6-16,13-23)19(26)27/h14-17H,2-13H2,1H3,(H,24,25)(H,26,27). The first kappa shape index (κ1) is 17.7. The van der Waals surface area contributed by atoms with Crippen LogP contribution in [0, 0.1) is 45.3 Å². The van der Waals surface area contributed by atoms with Gasteiger partial charge >= 0.3 is 5.97 Å². The molecule has 8 bridgehead atoms. The molecule has 0 aromatic rings. The fourth-order valence-electron chi connectivity index (χ4n) is 10.5. The van der Waals surface area contributed by atoms with Crippen molar-refractivity contribution in [2.45, 2.75) is 77.0 Å². The van der Waals surface area contributed by atoms with E-state index in [-0.39, 0.29) is 22.2 Å². The number of carbonyl (C=O) groups is 2. The second-order valence-corrected chi connectivity index (χ2v) is 12.0. The fourth-order valence-corrected chi connectivity index (χ4v) is 10.5. The fraction of sp³-hybridized carbons (Fsp3) is 0.913. The van der Waals surface area contributed by atoms with Crippen LogP contribution in [-0.4, -0.2) is 24.1 Å². The minimum absolute atomic E-state index is 0.0890. The maximum atomic E-state index is 13.1. The molecule has 1 amide bonds. The molecule has 0 heterocycles. The van der Waals surface area contributed by atoms with Crippen LogP contribution in [-0.2, 0) is 14.4 Å². The zero-order chi connectivity index (χ0) is 19.4. The van der Waals surface area contributed by atoms with Gasteiger partial charge in [-0.25, -0.2) is 5.48 Å². The van der Waals surface area contributed by atoms with Crippen molar-refractivity contribution in [3.05, 3.63) is 0 Å². The predicted octanol–water partition coefficient (Wildman–Crippen LogP) is 3.92. The molecule has 2 N–H and O–H groups in total. The summed E-state index contributed by atoms with van der Waals surface area (Å²) >= 11 is 0. The summed E-state index contributed by atoms with van der Waals surface area (Å²) < 4.78 is 0. The van der Waals surface area contributed by atoms with Crippen LogP contribution < -0.4 is 5.48 Å². The first-order chi connectivity index (χ1) is 13.3. The van der Waals surface area contributed by atoms with E-state index in [2.05, 4.69) is 5.48 Å². The monoisotopic (exact) mass is 387 g/mol. The zero-order valence-corrected chi connectivity index (χ0v) is 17.0. The van der Waals surface area contributed by atoms with Crippen molar-refractivity contribution in [2.75, 3.05) is 7.11 Å². The first-order valence-corrected chi connectivity index (χ1v) is 11.4. The topological polar surface area (TPSA) is 75.6 Å². The summed E-state index contributed by atoms with van der Waals surface area (Å²) in [5, 5.41) is 10.2. The smallest absolute Gasteiger partial charge is 0.309 e. The van der Waals surface area contributed by atoms with E-state index in [9.17, 15) is 14.7 Å². The number of rotatable bonds is 4. The quantitative estimate of drug-likeness (QED) is 0.717. The van der Waals surface area contributed by atoms with Gasteiger partial charge in [0.1, 0.15) is 0 Å². The molecule has 5 heteroatoms. The Hall–Kier alpha value is -1.10. The number of hydrogen-bond donors (Lipinski definition) is 2. The molecule has 0 aliphatic heterocycles. The molecule has 4 unspecified atom stereocenters. The SMILES string of the molecule is CONC(=O)C12CC3CC(C1)CC(C14CC5CC(CC(C(=O)O)(C5)C1)C4)(C3)C2. The van der Waals surface area contributed by atoms with Crippen LogP contribution in [0.15, 0.2) is 0 Å². The van der Waals surface area contributed by atoms with Gasteiger partial charge in [0.15, 0.2) is 0 Å². The van der Waals surface area contributed by atoms with Crippen LogP contribution in [0.2, 0.25) is 0 Å². The average molecular weight is 388 g/mol. The molecule has 8 aliphatic rings. The Morgan fingerprint density at radius 3 is 1.64 bits per heavy atom. The second kappa shape index (κ2) is 5.33. The Morgan fingerprint density at radius 1 is 0.786 bits per heavy atom. The normalized spacial score (nSPS) is 55.5. The Kier molecular flexibility index (Phi) is 3.37. The first-order valence-electron chi connectivity index (χ1n) is 11.4. The van der Waals surface area contributed by atoms with Gasteiger partial charge in [0.05, 0.1) is 17.9 Å². The Bertz CT molecular complexity index is 717. The van der Waals surface area contributed by atoms with E-state index in [0.717, 1.165) is 38.5 Å². The summed E-state index contributed by atoms with van der Waals surface area (Å²) in [6.07, 6.45) is 13.1. The molecule has 0 saturated heterocycles. The van der Waals surface area contributed by atoms with Crippen LogP contribution in [0.25, 0.3) is 0 Å². The van der Waals surface area contributed by atoms with Crippen molar-refractivity contribution in [1.82, 2.24) is 5.48 Å². The van der Waals surface area contributed by atoms with Gasteiger partial charge in [0, 0.05) is 0 Å². The number of carbonyl (C=O) groups excluding carboxylic acids is 1. The third-order valence-electron chi connectivity index (χ3n) is 10.4. The molecule has 0 aromatic carbocycles. The van der Waals surface area contributed by atoms with Crippen molar-refractivity contribution in [3.8, 4) is 0 Å². The molecule has 0 radical (unpaired) electrons. The summed E-state index contributed by atoms with van der Waals surface area (Å²) in [6, 6.07) is 0. The molecule has 0 spiro atoms. The number of amides is 1. The number of hydrogen-bond acceptors (Lipinski definition) is 3. The largest absolute Gasteiger partial charge is 0.481 e. The lowest BCUT2D eigenvalue weighted by Gasteiger charge is -2.73. The highest BCUT2D eigenvalue weighted by Gasteiger charge is 2.71. The van der Waals surface area contributed by atoms with Crippen LogP contribution in [0.5, 0.6) is 0 Å². The van der Waals surface area contributed by atoms with Gasteiger partial charge in [-0.2, -0.15) is 0 Å². The van der Waals surface area contributed by atoms with E-state index in [4.69, 9.17) is 4.84 Å². The van der Waals surface area contributed by atoms with Crippen molar-refractivity contribution >= 4 is 11.9 Å². The average Bonchev–Trinajstić information content (AvgIpc) is 2.59. The van der Waals surface area contributed by atoms with Crippen LogP contribution >= 0.6 is 0 Å². The van der Waals surface area contributed by atoms with Gasteiger partial charge in [-0.3, -0.25) is 14.4 Å². The van der Waals surface area contributed by atoms with E-state index in [1.165, 1.54) is 45.6 Å². The molecule has 154 valence electrons. The second-order valence-electron chi connectivity index (χ2n) is 12.0. The van der Waals surface area contributed by atoms with Gasteiger partial charge in [-0.15, -0.1) is 0 Å². The molecule has 5 nitrogen and oxygen atoms in total. The minimum atomic E-state index is -0.539. The summed E-state index contributed by atoms with van der Waals surface area (Å²) in [6.45, 7) is 0. The highest BCUT2D eigenvalue weighted by Crippen LogP contribution is 2.78. The molecule has 28 heavy (non-hydrogen) atoms. The molecule has 0 aromatic heterocycles. The van der Waals surface area contributed by atoms with Crippen LogP contribution in [0.1, 0.15) is 77.0 Å². The maximum absolute atomic E-state index is 13.1. The van der Waals surface area contributed by atoms with Crippen molar-refractivity contribution in [3.63, 3.8) is 0 Å². The molecule has 4 atom stereocenters. The number of aliphatic carboxylic acids is 1. The lowest BCUT2D eigenvalue weighted by Crippen LogP contribution is -2.67. The summed E-state index contributed by atoms with van der Waals surface area (Å²) in [5.74, 6) is 2.01. The van der Waals surface area contributed by atoms with Gasteiger partial charge in [-0.05, 0) is 112 Å². The Labute approximate surface area is 166 Å². The lowest BCUT2D eigenvalue weighted by molar-refractivity contribution is -0.240. The molecule has 8 fully saturated rings. The highest BCUT2D eigenvalue weighted by atomic mass is 16.6. The van der Waals surface area contributed by atoms with Gasteiger partial charge in [-0.1, -0.05) is 0 Å². The van der Waals surface area contributed by atoms with Crippen LogP contribution in [0.4, 0.5) is 0 Å². The van der Waals surface area contributed by atoms with E-state index >= 15 is 0 Å². The molecule has 8 saturated carbocycles. The molecule has 8 rings (SSSR count). The number of carboxylic acids is 1. The molecule has 8 aliphatic carbocycles. The number of carboxylic acid groups (broad SMARTS) is 1.